The molecule has 0 atom stereocenters. The van der Waals surface area contributed by atoms with Crippen LogP contribution < -0.4 is 48.9 Å². The number of ether oxygens (including phenoxy) is 1. The second-order valence-electron chi connectivity index (χ2n) is 32.2. The van der Waals surface area contributed by atoms with Crippen LogP contribution in [0, 0.1) is 83.1 Å². The van der Waals surface area contributed by atoms with E-state index in [1.807, 2.05) is 77.5 Å². The van der Waals surface area contributed by atoms with E-state index in [2.05, 4.69) is 280 Å². The Balaban J connectivity index is 0.000000158. The Morgan fingerprint density at radius 3 is 0.901 bits per heavy atom. The highest BCUT2D eigenvalue weighted by Crippen LogP contribution is 2.31. The fraction of sp³-hybridized carbons (Fsp3) is 0.255. The second-order valence-corrected chi connectivity index (χ2v) is 32.2. The van der Waals surface area contributed by atoms with E-state index in [0.717, 1.165) is 67.2 Å². The van der Waals surface area contributed by atoms with Crippen LogP contribution in [0.25, 0.3) is 16.8 Å². The van der Waals surface area contributed by atoms with Gasteiger partial charge in [-0.1, -0.05) is 172 Å². The summed E-state index contributed by atoms with van der Waals surface area (Å²) >= 11 is 0. The zero-order valence-corrected chi connectivity index (χ0v) is 72.2. The standard InChI is InChI=1S/C27H28N4O.C25H32N4O.C24H26N6O.C22H26N4O2/c1-17-13-21(14-18(2)19(17)3)16-29-27-25(26(28)32)24(30-31-27)15-20-9-11-23(12-10-20)22-7-5-4-6-8-22;1-15-11-19(12-16(2)17(15)3)14-27-24-22(23(26)30)21(28-29-24)13-18-7-9-20(10-8-18)25(4,5)6;1-15-10-19(11-16(2)17(15)3)13-27-24-22(23(25)31)21(28-29-24)12-18-4-6-20(7-5-18)30-9-8-26-14-30;1-13-9-17(10-14(2)15(13)3)12-24-22-20(21(23)27)19(25-26-22)11-16-5-7-18(28-4)8-6-16/h4-14H,15-16H2,1-3H3,(H2,28,32)(H2,29,30,31);7-12H,13-14H2,1-6H3,(H2,26,30)(H2,27,28,29);4-11,14H,12-13H2,1-3H3,(H2,25,31)(H2,27,28,29);5-10H,11-12H2,1-4H3,(H2,23,27)(H2,24,25,26). The first-order chi connectivity index (χ1) is 57.8. The van der Waals surface area contributed by atoms with E-state index in [1.54, 1.807) is 19.6 Å². The molecule has 23 nitrogen and oxygen atoms in total. The van der Waals surface area contributed by atoms with Crippen LogP contribution in [0.15, 0.2) is 195 Å². The number of carbonyl (C=O) groups is 4. The first-order valence-electron chi connectivity index (χ1n) is 40.4. The van der Waals surface area contributed by atoms with Crippen LogP contribution in [0.5, 0.6) is 5.75 Å². The lowest BCUT2D eigenvalue weighted by molar-refractivity contribution is 0.0991. The number of aromatic nitrogens is 10. The van der Waals surface area contributed by atoms with Gasteiger partial charge in [0.15, 0.2) is 23.3 Å². The smallest absolute Gasteiger partial charge is 0.254 e. The van der Waals surface area contributed by atoms with E-state index in [4.69, 9.17) is 27.7 Å². The lowest BCUT2D eigenvalue weighted by Gasteiger charge is -2.19. The van der Waals surface area contributed by atoms with Gasteiger partial charge in [-0.3, -0.25) is 39.6 Å². The predicted molar refractivity (Wildman–Crippen MR) is 485 cm³/mol. The number of amides is 4. The summed E-state index contributed by atoms with van der Waals surface area (Å²) in [5, 5.41) is 42.3. The zero-order chi connectivity index (χ0) is 86.9. The van der Waals surface area contributed by atoms with Gasteiger partial charge in [-0.05, 0) is 241 Å². The fourth-order valence-corrected chi connectivity index (χ4v) is 14.6. The van der Waals surface area contributed by atoms with Crippen molar-refractivity contribution in [3.8, 4) is 22.6 Å². The number of hydrogen-bond donors (Lipinski definition) is 12. The number of rotatable bonds is 27. The first kappa shape index (κ1) is 87.7. The quantitative estimate of drug-likeness (QED) is 0.0228. The van der Waals surface area contributed by atoms with Gasteiger partial charge in [0.1, 0.15) is 28.0 Å². The molecule has 0 fully saturated rings. The minimum atomic E-state index is -0.504. The summed E-state index contributed by atoms with van der Waals surface area (Å²) in [5.41, 5.74) is 55.9. The van der Waals surface area contributed by atoms with Crippen molar-refractivity contribution >= 4 is 46.9 Å². The van der Waals surface area contributed by atoms with Crippen molar-refractivity contribution in [3.05, 3.63) is 357 Å². The van der Waals surface area contributed by atoms with Crippen molar-refractivity contribution in [1.82, 2.24) is 50.3 Å². The van der Waals surface area contributed by atoms with Crippen molar-refractivity contribution in [1.29, 1.82) is 0 Å². The third-order valence-corrected chi connectivity index (χ3v) is 22.4. The number of nitrogens with one attached hydrogen (secondary N) is 8. The molecule has 16 N–H and O–H groups in total. The van der Waals surface area contributed by atoms with Crippen molar-refractivity contribution in [2.24, 2.45) is 22.9 Å². The summed E-state index contributed by atoms with van der Waals surface area (Å²) in [6.45, 7) is 34.2. The third kappa shape index (κ3) is 22.6. The van der Waals surface area contributed by atoms with Crippen LogP contribution in [-0.2, 0) is 57.3 Å². The molecule has 0 radical (unpaired) electrons. The minimum Gasteiger partial charge on any atom is -0.497 e. The van der Waals surface area contributed by atoms with Gasteiger partial charge in [0.05, 0.1) is 36.2 Å². The molecule has 0 bridgehead atoms. The van der Waals surface area contributed by atoms with E-state index < -0.39 is 23.6 Å². The number of hydrogen-bond acceptors (Lipinski definition) is 14. The number of carbonyl (C=O) groups excluding carboxylic acids is 4. The molecule has 9 aromatic carbocycles. The monoisotopic (exact) mass is 1620 g/mol. The SMILES string of the molecule is COc1ccc(Cc2[nH]nc(NCc3cc(C)c(C)c(C)c3)c2C(N)=O)cc1.Cc1cc(CNc2n[nH]c(Cc3ccc(-c4ccccc4)cc3)c2C(N)=O)cc(C)c1C.Cc1cc(CNc2n[nH]c(Cc3ccc(-n4ccnc4)cc3)c2C(N)=O)cc(C)c1C.Cc1cc(CNc2n[nH]c(Cc3ccc(C(C)(C)C)cc3)c2C(N)=O)cc(C)c1C. The molecule has 0 aliphatic rings. The largest absolute Gasteiger partial charge is 0.497 e. The molecule has 0 aliphatic heterocycles. The van der Waals surface area contributed by atoms with Gasteiger partial charge in [0, 0.05) is 69.9 Å². The number of benzene rings is 9. The summed E-state index contributed by atoms with van der Waals surface area (Å²) in [6, 6.07) is 60.0. The Bertz CT molecular complexity index is 5860. The van der Waals surface area contributed by atoms with Gasteiger partial charge in [-0.25, -0.2) is 4.98 Å². The highest BCUT2D eigenvalue weighted by molar-refractivity contribution is 6.01. The average Bonchev–Trinajstić information content (AvgIpc) is 1.67. The maximum absolute atomic E-state index is 12.2. The van der Waals surface area contributed by atoms with Gasteiger partial charge in [-0.15, -0.1) is 0 Å². The van der Waals surface area contributed by atoms with Crippen LogP contribution in [0.4, 0.5) is 23.3 Å². The van der Waals surface area contributed by atoms with Gasteiger partial charge < -0.3 is 53.5 Å². The number of primary amides is 4. The lowest BCUT2D eigenvalue weighted by atomic mass is 9.86. The van der Waals surface area contributed by atoms with Crippen LogP contribution >= 0.6 is 0 Å². The molecule has 23 heteroatoms. The summed E-state index contributed by atoms with van der Waals surface area (Å²) in [5.74, 6) is 0.754. The number of methoxy groups -OCH3 is 1. The predicted octanol–water partition coefficient (Wildman–Crippen LogP) is 17.7. The van der Waals surface area contributed by atoms with Crippen LogP contribution in [0.1, 0.15) is 202 Å². The Kier molecular flexibility index (Phi) is 28.6. The zero-order valence-electron chi connectivity index (χ0n) is 72.2. The molecular formula is C98H112N18O5. The average molecular weight is 1620 g/mol. The molecule has 624 valence electrons. The molecule has 0 unspecified atom stereocenters. The highest BCUT2D eigenvalue weighted by Gasteiger charge is 2.24. The molecule has 0 saturated carbocycles. The molecule has 5 heterocycles. The Hall–Kier alpha value is -14.1. The van der Waals surface area contributed by atoms with Crippen LogP contribution in [-0.4, -0.2) is 81.1 Å². The third-order valence-electron chi connectivity index (χ3n) is 22.4. The first-order valence-corrected chi connectivity index (χ1v) is 40.4. The van der Waals surface area contributed by atoms with Crippen LogP contribution in [0.2, 0.25) is 0 Å². The van der Waals surface area contributed by atoms with Crippen molar-refractivity contribution in [3.63, 3.8) is 0 Å². The van der Waals surface area contributed by atoms with Gasteiger partial charge in [-0.2, -0.15) is 20.4 Å². The summed E-state index contributed by atoms with van der Waals surface area (Å²) in [7, 11) is 1.63. The minimum absolute atomic E-state index is 0.106. The van der Waals surface area contributed by atoms with Crippen molar-refractivity contribution < 1.29 is 23.9 Å². The molecular weight excluding hydrogens is 1510 g/mol. The van der Waals surface area contributed by atoms with E-state index in [9.17, 15) is 19.2 Å². The molecule has 4 amide bonds. The van der Waals surface area contributed by atoms with E-state index >= 15 is 0 Å². The Labute approximate surface area is 708 Å². The number of nitrogens with two attached hydrogens (primary N) is 4. The van der Waals surface area contributed by atoms with Crippen molar-refractivity contribution in [2.75, 3.05) is 28.4 Å². The Morgan fingerprint density at radius 1 is 0.364 bits per heavy atom. The van der Waals surface area contributed by atoms with E-state index in [0.29, 0.717) is 114 Å². The van der Waals surface area contributed by atoms with E-state index in [1.165, 1.54) is 77.9 Å². The van der Waals surface area contributed by atoms with E-state index in [-0.39, 0.29) is 5.41 Å². The molecule has 0 saturated heterocycles. The molecule has 5 aromatic heterocycles. The fourth-order valence-electron chi connectivity index (χ4n) is 14.6. The summed E-state index contributed by atoms with van der Waals surface area (Å²) in [6.07, 6.45) is 7.56. The summed E-state index contributed by atoms with van der Waals surface area (Å²) in [4.78, 5) is 52.7. The number of aromatic amines is 4. The molecule has 0 spiro atoms. The second kappa shape index (κ2) is 39.4. The van der Waals surface area contributed by atoms with Gasteiger partial charge in [0.25, 0.3) is 23.6 Å². The highest BCUT2D eigenvalue weighted by atomic mass is 16.5. The number of nitrogens with zero attached hydrogens (tertiary/aromatic N) is 6. The maximum atomic E-state index is 12.2. The van der Waals surface area contributed by atoms with Crippen LogP contribution in [0.3, 0.4) is 0 Å². The number of imidazole rings is 1. The molecule has 121 heavy (non-hydrogen) atoms. The molecule has 14 aromatic rings. The topological polar surface area (TPSA) is 362 Å². The maximum Gasteiger partial charge on any atom is 0.254 e. The number of aryl methyl sites for hydroxylation is 8. The van der Waals surface area contributed by atoms with Gasteiger partial charge in [0.2, 0.25) is 0 Å². The molecule has 14 rings (SSSR count). The number of H-pyrrole nitrogens is 4. The lowest BCUT2D eigenvalue weighted by Crippen LogP contribution is -2.16. The number of anilines is 4. The Morgan fingerprint density at radius 2 is 0.636 bits per heavy atom. The van der Waals surface area contributed by atoms with Crippen molar-refractivity contribution in [2.45, 2.75) is 161 Å². The van der Waals surface area contributed by atoms with Gasteiger partial charge >= 0.3 is 0 Å². The normalized spacial score (nSPS) is 11.0. The molecule has 0 aliphatic carbocycles. The summed E-state index contributed by atoms with van der Waals surface area (Å²) < 4.78 is 7.12.